The van der Waals surface area contributed by atoms with E-state index in [9.17, 15) is 5.26 Å². The molecule has 20 heavy (non-hydrogen) atoms. The van der Waals surface area contributed by atoms with Gasteiger partial charge in [-0.2, -0.15) is 14.9 Å². The number of hydrogen-bond acceptors (Lipinski definition) is 4. The molecular weight excluding hydrogens is 268 g/mol. The topological polar surface area (TPSA) is 54.0 Å². The lowest BCUT2D eigenvalue weighted by molar-refractivity contribution is 0.843. The van der Waals surface area contributed by atoms with E-state index in [0.717, 1.165) is 28.4 Å². The summed E-state index contributed by atoms with van der Waals surface area (Å²) in [6.07, 6.45) is 1.97. The second-order valence-electron chi connectivity index (χ2n) is 4.73. The van der Waals surface area contributed by atoms with Crippen LogP contribution in [0.3, 0.4) is 0 Å². The smallest absolute Gasteiger partial charge is 0.214 e. The summed E-state index contributed by atoms with van der Waals surface area (Å²) in [4.78, 5) is 5.38. The van der Waals surface area contributed by atoms with Gasteiger partial charge in [0.15, 0.2) is 5.69 Å². The number of nitriles is 1. The minimum atomic E-state index is 0.516. The summed E-state index contributed by atoms with van der Waals surface area (Å²) >= 11 is 1.56. The number of nitrogens with zero attached hydrogens (tertiary/aromatic N) is 4. The molecule has 0 aliphatic carbocycles. The Hall–Kier alpha value is -2.19. The van der Waals surface area contributed by atoms with Crippen molar-refractivity contribution in [3.63, 3.8) is 0 Å². The Morgan fingerprint density at radius 1 is 1.30 bits per heavy atom. The fraction of sp³-hybridized carbons (Fsp3) is 0.267. The van der Waals surface area contributed by atoms with Crippen LogP contribution in [0.5, 0.6) is 0 Å². The zero-order valence-electron chi connectivity index (χ0n) is 11.4. The van der Waals surface area contributed by atoms with E-state index in [1.165, 1.54) is 5.56 Å². The van der Waals surface area contributed by atoms with Gasteiger partial charge in [-0.1, -0.05) is 48.1 Å². The van der Waals surface area contributed by atoms with Crippen LogP contribution in [0, 0.1) is 18.3 Å². The van der Waals surface area contributed by atoms with E-state index in [4.69, 9.17) is 0 Å². The maximum absolute atomic E-state index is 9.41. The number of hydrogen-bond donors (Lipinski definition) is 0. The van der Waals surface area contributed by atoms with Crippen LogP contribution in [0.25, 0.3) is 16.2 Å². The largest absolute Gasteiger partial charge is 0.216 e. The maximum atomic E-state index is 9.41. The Morgan fingerprint density at radius 2 is 2.05 bits per heavy atom. The molecule has 1 aromatic carbocycles. The second kappa shape index (κ2) is 5.06. The minimum Gasteiger partial charge on any atom is -0.216 e. The molecule has 0 radical (unpaired) electrons. The first-order chi connectivity index (χ1) is 9.72. The molecule has 0 saturated heterocycles. The van der Waals surface area contributed by atoms with Gasteiger partial charge >= 0.3 is 0 Å². The third-order valence-corrected chi connectivity index (χ3v) is 4.11. The highest BCUT2D eigenvalue weighted by Crippen LogP contribution is 2.27. The van der Waals surface area contributed by atoms with Gasteiger partial charge in [-0.25, -0.2) is 4.98 Å². The standard InChI is InChI=1S/C15H14N4S/c1-3-4-13-18-19-12(9-16)14(17-15(19)20-13)11-7-5-10(2)6-8-11/h5-8H,3-4H2,1-2H3. The van der Waals surface area contributed by atoms with E-state index in [1.807, 2.05) is 31.2 Å². The summed E-state index contributed by atoms with van der Waals surface area (Å²) in [5.74, 6) is 0. The molecule has 5 heteroatoms. The molecule has 0 bridgehead atoms. The van der Waals surface area contributed by atoms with Gasteiger partial charge in [0.25, 0.3) is 0 Å². The monoisotopic (exact) mass is 282 g/mol. The van der Waals surface area contributed by atoms with E-state index >= 15 is 0 Å². The summed E-state index contributed by atoms with van der Waals surface area (Å²) in [7, 11) is 0. The Morgan fingerprint density at radius 3 is 2.70 bits per heavy atom. The van der Waals surface area contributed by atoms with Crippen LogP contribution in [0.1, 0.15) is 29.6 Å². The number of aryl methyl sites for hydroxylation is 2. The molecule has 2 heterocycles. The van der Waals surface area contributed by atoms with Crippen LogP contribution in [-0.4, -0.2) is 14.6 Å². The van der Waals surface area contributed by atoms with Crippen LogP contribution >= 0.6 is 11.3 Å². The molecule has 0 saturated carbocycles. The molecule has 100 valence electrons. The van der Waals surface area contributed by atoms with Crippen molar-refractivity contribution in [1.82, 2.24) is 14.6 Å². The molecule has 3 aromatic rings. The quantitative estimate of drug-likeness (QED) is 0.737. The van der Waals surface area contributed by atoms with Crippen molar-refractivity contribution in [1.29, 1.82) is 5.26 Å². The number of benzene rings is 1. The molecular formula is C15H14N4S. The normalized spacial score (nSPS) is 10.8. The van der Waals surface area contributed by atoms with Crippen LogP contribution in [0.2, 0.25) is 0 Å². The van der Waals surface area contributed by atoms with Gasteiger partial charge < -0.3 is 0 Å². The zero-order valence-corrected chi connectivity index (χ0v) is 12.2. The van der Waals surface area contributed by atoms with E-state index in [2.05, 4.69) is 23.1 Å². The van der Waals surface area contributed by atoms with Gasteiger partial charge in [-0.05, 0) is 13.3 Å². The predicted molar refractivity (Wildman–Crippen MR) is 79.7 cm³/mol. The van der Waals surface area contributed by atoms with Crippen LogP contribution in [0.15, 0.2) is 24.3 Å². The molecule has 4 nitrogen and oxygen atoms in total. The van der Waals surface area contributed by atoms with Crippen LogP contribution < -0.4 is 0 Å². The van der Waals surface area contributed by atoms with E-state index in [-0.39, 0.29) is 0 Å². The van der Waals surface area contributed by atoms with Gasteiger partial charge in [0.2, 0.25) is 4.96 Å². The SMILES string of the molecule is CCCc1nn2c(C#N)c(-c3ccc(C)cc3)nc2s1. The lowest BCUT2D eigenvalue weighted by Gasteiger charge is -1.98. The average molecular weight is 282 g/mol. The van der Waals surface area contributed by atoms with Gasteiger partial charge in [0.1, 0.15) is 16.8 Å². The third kappa shape index (κ3) is 2.08. The Bertz CT molecular complexity index is 790. The van der Waals surface area contributed by atoms with Crippen molar-refractivity contribution in [2.24, 2.45) is 0 Å². The lowest BCUT2D eigenvalue weighted by Crippen LogP contribution is -1.92. The highest BCUT2D eigenvalue weighted by atomic mass is 32.1. The summed E-state index contributed by atoms with van der Waals surface area (Å²) in [5, 5.41) is 14.9. The summed E-state index contributed by atoms with van der Waals surface area (Å²) in [5.41, 5.74) is 3.38. The van der Waals surface area contributed by atoms with Crippen molar-refractivity contribution in [2.75, 3.05) is 0 Å². The summed E-state index contributed by atoms with van der Waals surface area (Å²) < 4.78 is 1.67. The summed E-state index contributed by atoms with van der Waals surface area (Å²) in [6, 6.07) is 10.3. The van der Waals surface area contributed by atoms with E-state index in [0.29, 0.717) is 11.4 Å². The van der Waals surface area contributed by atoms with Crippen molar-refractivity contribution in [3.05, 3.63) is 40.5 Å². The molecule has 0 amide bonds. The fourth-order valence-electron chi connectivity index (χ4n) is 2.12. The maximum Gasteiger partial charge on any atom is 0.214 e. The highest BCUT2D eigenvalue weighted by Gasteiger charge is 2.17. The molecule has 2 aromatic heterocycles. The number of fused-ring (bicyclic) bond motifs is 1. The van der Waals surface area contributed by atoms with Crippen molar-refractivity contribution < 1.29 is 0 Å². The van der Waals surface area contributed by atoms with Crippen molar-refractivity contribution in [2.45, 2.75) is 26.7 Å². The molecule has 0 fully saturated rings. The fourth-order valence-corrected chi connectivity index (χ4v) is 3.11. The summed E-state index contributed by atoms with van der Waals surface area (Å²) in [6.45, 7) is 4.16. The van der Waals surface area contributed by atoms with Gasteiger partial charge in [-0.15, -0.1) is 0 Å². The van der Waals surface area contributed by atoms with Crippen molar-refractivity contribution in [3.8, 4) is 17.3 Å². The second-order valence-corrected chi connectivity index (χ2v) is 5.77. The lowest BCUT2D eigenvalue weighted by atomic mass is 10.1. The first kappa shape index (κ1) is 12.8. The van der Waals surface area contributed by atoms with Crippen LogP contribution in [-0.2, 0) is 6.42 Å². The highest BCUT2D eigenvalue weighted by molar-refractivity contribution is 7.16. The van der Waals surface area contributed by atoms with Crippen molar-refractivity contribution >= 4 is 16.3 Å². The molecule has 0 N–H and O–H groups in total. The number of rotatable bonds is 3. The first-order valence-corrected chi connectivity index (χ1v) is 7.40. The predicted octanol–water partition coefficient (Wildman–Crippen LogP) is 3.59. The molecule has 0 aliphatic heterocycles. The third-order valence-electron chi connectivity index (χ3n) is 3.14. The Kier molecular flexibility index (Phi) is 3.25. The average Bonchev–Trinajstić information content (AvgIpc) is 2.96. The van der Waals surface area contributed by atoms with Gasteiger partial charge in [0, 0.05) is 12.0 Å². The number of aromatic nitrogens is 3. The minimum absolute atomic E-state index is 0.516. The Balaban J connectivity index is 2.14. The molecule has 3 rings (SSSR count). The van der Waals surface area contributed by atoms with Crippen LogP contribution in [0.4, 0.5) is 0 Å². The molecule has 0 unspecified atom stereocenters. The van der Waals surface area contributed by atoms with Gasteiger partial charge in [-0.3, -0.25) is 0 Å². The molecule has 0 aliphatic rings. The number of imidazole rings is 1. The first-order valence-electron chi connectivity index (χ1n) is 6.58. The molecule has 0 spiro atoms. The Labute approximate surface area is 121 Å². The molecule has 0 atom stereocenters. The van der Waals surface area contributed by atoms with E-state index in [1.54, 1.807) is 15.9 Å². The van der Waals surface area contributed by atoms with E-state index < -0.39 is 0 Å². The zero-order chi connectivity index (χ0) is 14.1. The van der Waals surface area contributed by atoms with Gasteiger partial charge in [0.05, 0.1) is 0 Å².